The number of hydrogen-bond acceptors (Lipinski definition) is 2. The molecule has 0 aliphatic heterocycles. The van der Waals surface area contributed by atoms with Gasteiger partial charge in [-0.1, -0.05) is 13.8 Å². The largest absolute Gasteiger partial charge is 0.508 e. The molecule has 2 heteroatoms. The van der Waals surface area contributed by atoms with Crippen LogP contribution in [0.5, 0.6) is 11.5 Å². The Hall–Kier alpha value is -1.18. The second kappa shape index (κ2) is 6.35. The van der Waals surface area contributed by atoms with Crippen molar-refractivity contribution in [2.45, 2.75) is 27.7 Å². The van der Waals surface area contributed by atoms with E-state index in [9.17, 15) is 0 Å². The lowest BCUT2D eigenvalue weighted by Gasteiger charge is -2.05. The Morgan fingerprint density at radius 3 is 2.38 bits per heavy atom. The molecule has 1 rings (SSSR count). The zero-order valence-corrected chi connectivity index (χ0v) is 8.79. The lowest BCUT2D eigenvalue weighted by Crippen LogP contribution is -1.92. The van der Waals surface area contributed by atoms with Gasteiger partial charge in [0.15, 0.2) is 0 Å². The Morgan fingerprint density at radius 2 is 1.92 bits per heavy atom. The van der Waals surface area contributed by atoms with E-state index in [1.54, 1.807) is 18.2 Å². The van der Waals surface area contributed by atoms with Gasteiger partial charge in [0.1, 0.15) is 11.5 Å². The number of phenolic OH excluding ortho intramolecular Hbond substituents is 1. The van der Waals surface area contributed by atoms with Gasteiger partial charge < -0.3 is 9.84 Å². The third kappa shape index (κ3) is 3.83. The number of aromatic hydroxyl groups is 1. The van der Waals surface area contributed by atoms with E-state index in [4.69, 9.17) is 9.84 Å². The fourth-order valence-corrected chi connectivity index (χ4v) is 0.951. The summed E-state index contributed by atoms with van der Waals surface area (Å²) in [6.45, 7) is 8.50. The first-order valence-corrected chi connectivity index (χ1v) is 4.66. The molecule has 0 bridgehead atoms. The van der Waals surface area contributed by atoms with Crippen LogP contribution in [0.15, 0.2) is 18.2 Å². The topological polar surface area (TPSA) is 29.5 Å². The van der Waals surface area contributed by atoms with E-state index in [0.717, 1.165) is 11.3 Å². The van der Waals surface area contributed by atoms with Crippen LogP contribution in [0.4, 0.5) is 0 Å². The molecule has 0 unspecified atom stereocenters. The summed E-state index contributed by atoms with van der Waals surface area (Å²) in [4.78, 5) is 0. The molecule has 0 saturated heterocycles. The number of hydrogen-bond donors (Lipinski definition) is 1. The van der Waals surface area contributed by atoms with E-state index in [1.807, 2.05) is 27.7 Å². The van der Waals surface area contributed by atoms with Crippen molar-refractivity contribution in [1.82, 2.24) is 0 Å². The van der Waals surface area contributed by atoms with Crippen LogP contribution in [0.3, 0.4) is 0 Å². The van der Waals surface area contributed by atoms with Gasteiger partial charge in [0.25, 0.3) is 0 Å². The summed E-state index contributed by atoms with van der Waals surface area (Å²) < 4.78 is 5.28. The van der Waals surface area contributed by atoms with Crippen LogP contribution in [0.25, 0.3) is 0 Å². The summed E-state index contributed by atoms with van der Waals surface area (Å²) in [5, 5.41) is 9.05. The molecule has 1 N–H and O–H groups in total. The molecule has 1 aromatic carbocycles. The van der Waals surface area contributed by atoms with Gasteiger partial charge in [-0.3, -0.25) is 0 Å². The van der Waals surface area contributed by atoms with Gasteiger partial charge in [0, 0.05) is 0 Å². The van der Waals surface area contributed by atoms with Gasteiger partial charge in [0.05, 0.1) is 6.61 Å². The average Bonchev–Trinajstić information content (AvgIpc) is 2.14. The highest BCUT2D eigenvalue weighted by atomic mass is 16.5. The first-order chi connectivity index (χ1) is 6.24. The first kappa shape index (κ1) is 11.8. The van der Waals surface area contributed by atoms with Crippen molar-refractivity contribution in [3.05, 3.63) is 23.8 Å². The SMILES string of the molecule is CC.CCOc1ccc(O)cc1C. The molecule has 0 spiro atoms. The van der Waals surface area contributed by atoms with Crippen LogP contribution in [0.2, 0.25) is 0 Å². The summed E-state index contributed by atoms with van der Waals surface area (Å²) >= 11 is 0. The second-order valence-corrected chi connectivity index (χ2v) is 2.38. The van der Waals surface area contributed by atoms with Gasteiger partial charge in [-0.15, -0.1) is 0 Å². The van der Waals surface area contributed by atoms with Crippen molar-refractivity contribution >= 4 is 0 Å². The molecule has 0 aromatic heterocycles. The van der Waals surface area contributed by atoms with E-state index < -0.39 is 0 Å². The van der Waals surface area contributed by atoms with Crippen LogP contribution in [-0.2, 0) is 0 Å². The van der Waals surface area contributed by atoms with Crippen molar-refractivity contribution in [3.63, 3.8) is 0 Å². The van der Waals surface area contributed by atoms with Crippen LogP contribution >= 0.6 is 0 Å². The smallest absolute Gasteiger partial charge is 0.122 e. The summed E-state index contributed by atoms with van der Waals surface area (Å²) in [6, 6.07) is 5.08. The maximum Gasteiger partial charge on any atom is 0.122 e. The Bertz CT molecular complexity index is 244. The molecule has 0 heterocycles. The highest BCUT2D eigenvalue weighted by Gasteiger charge is 1.97. The molecular weight excluding hydrogens is 164 g/mol. The third-order valence-corrected chi connectivity index (χ3v) is 1.46. The Morgan fingerprint density at radius 1 is 1.31 bits per heavy atom. The van der Waals surface area contributed by atoms with Gasteiger partial charge in [-0.25, -0.2) is 0 Å². The predicted molar refractivity (Wildman–Crippen MR) is 55.4 cm³/mol. The fraction of sp³-hybridized carbons (Fsp3) is 0.455. The minimum Gasteiger partial charge on any atom is -0.508 e. The standard InChI is InChI=1S/C9H12O2.C2H6/c1-3-11-9-5-4-8(10)6-7(9)2;1-2/h4-6,10H,3H2,1-2H3;1-2H3. The molecule has 0 amide bonds. The molecule has 1 aromatic rings. The van der Waals surface area contributed by atoms with Crippen molar-refractivity contribution in [1.29, 1.82) is 0 Å². The van der Waals surface area contributed by atoms with E-state index in [0.29, 0.717) is 6.61 Å². The highest BCUT2D eigenvalue weighted by molar-refractivity contribution is 5.38. The zero-order valence-electron chi connectivity index (χ0n) is 8.79. The van der Waals surface area contributed by atoms with E-state index in [1.165, 1.54) is 0 Å². The van der Waals surface area contributed by atoms with E-state index >= 15 is 0 Å². The lowest BCUT2D eigenvalue weighted by atomic mass is 10.2. The van der Waals surface area contributed by atoms with Crippen molar-refractivity contribution < 1.29 is 9.84 Å². The maximum atomic E-state index is 9.05. The molecule has 0 aliphatic carbocycles. The summed E-state index contributed by atoms with van der Waals surface area (Å²) in [5.74, 6) is 1.12. The molecule has 0 radical (unpaired) electrons. The normalized spacial score (nSPS) is 8.62. The Labute approximate surface area is 80.2 Å². The lowest BCUT2D eigenvalue weighted by molar-refractivity contribution is 0.337. The number of phenols is 1. The van der Waals surface area contributed by atoms with Crippen LogP contribution < -0.4 is 4.74 Å². The van der Waals surface area contributed by atoms with Gasteiger partial charge in [-0.05, 0) is 37.6 Å². The molecular formula is C11H18O2. The molecule has 0 fully saturated rings. The first-order valence-electron chi connectivity index (χ1n) is 4.66. The summed E-state index contributed by atoms with van der Waals surface area (Å²) in [6.07, 6.45) is 0. The molecule has 13 heavy (non-hydrogen) atoms. The zero-order chi connectivity index (χ0) is 10.3. The molecule has 74 valence electrons. The number of benzene rings is 1. The van der Waals surface area contributed by atoms with E-state index in [-0.39, 0.29) is 5.75 Å². The Balaban J connectivity index is 0.000000671. The van der Waals surface area contributed by atoms with Crippen LogP contribution in [0.1, 0.15) is 26.3 Å². The van der Waals surface area contributed by atoms with Crippen molar-refractivity contribution in [2.24, 2.45) is 0 Å². The number of ether oxygens (including phenoxy) is 1. The maximum absolute atomic E-state index is 9.05. The molecule has 0 aliphatic rings. The highest BCUT2D eigenvalue weighted by Crippen LogP contribution is 2.21. The van der Waals surface area contributed by atoms with Gasteiger partial charge >= 0.3 is 0 Å². The van der Waals surface area contributed by atoms with Crippen LogP contribution in [0, 0.1) is 6.92 Å². The second-order valence-electron chi connectivity index (χ2n) is 2.38. The summed E-state index contributed by atoms with van der Waals surface area (Å²) in [5.41, 5.74) is 0.965. The minimum atomic E-state index is 0.283. The Kier molecular flexibility index (Phi) is 5.77. The van der Waals surface area contributed by atoms with Crippen molar-refractivity contribution in [3.8, 4) is 11.5 Å². The quantitative estimate of drug-likeness (QED) is 0.761. The number of rotatable bonds is 2. The minimum absolute atomic E-state index is 0.283. The van der Waals surface area contributed by atoms with Crippen LogP contribution in [-0.4, -0.2) is 11.7 Å². The van der Waals surface area contributed by atoms with Gasteiger partial charge in [-0.2, -0.15) is 0 Å². The average molecular weight is 182 g/mol. The molecule has 0 saturated carbocycles. The third-order valence-electron chi connectivity index (χ3n) is 1.46. The molecule has 0 atom stereocenters. The van der Waals surface area contributed by atoms with Gasteiger partial charge in [0.2, 0.25) is 0 Å². The predicted octanol–water partition coefficient (Wildman–Crippen LogP) is 3.13. The fourth-order valence-electron chi connectivity index (χ4n) is 0.951. The van der Waals surface area contributed by atoms with Crippen molar-refractivity contribution in [2.75, 3.05) is 6.61 Å². The molecule has 2 nitrogen and oxygen atoms in total. The summed E-state index contributed by atoms with van der Waals surface area (Å²) in [7, 11) is 0. The number of aryl methyl sites for hydroxylation is 1. The van der Waals surface area contributed by atoms with E-state index in [2.05, 4.69) is 0 Å². The monoisotopic (exact) mass is 182 g/mol.